The average Bonchev–Trinajstić information content (AvgIpc) is 1.54. The fraction of sp³-hybridized carbons (Fsp3) is 0.635. The number of benzene rings is 2. The number of hydrogen-bond donors (Lipinski definition) is 8. The number of hydrogen-bond acceptors (Lipinski definition) is 16. The normalized spacial score (nSPS) is 17.8. The van der Waals surface area contributed by atoms with E-state index in [-0.39, 0.29) is 68.7 Å². The molecule has 12 amide bonds. The lowest BCUT2D eigenvalue weighted by Crippen LogP contribution is -2.60. The number of hydroxylamine groups is 2. The van der Waals surface area contributed by atoms with E-state index in [2.05, 4.69) is 31.9 Å². The molecule has 0 saturated carbocycles. The molecule has 12 atom stereocenters. The molecule has 2 aliphatic rings. The molecule has 0 bridgehead atoms. The molecule has 4 rings (SSSR count). The zero-order valence-electron chi connectivity index (χ0n) is 54.6. The molecule has 0 spiro atoms. The lowest BCUT2D eigenvalue weighted by molar-refractivity contribution is -0.171. The number of primary amides is 1. The fourth-order valence-electron chi connectivity index (χ4n) is 11.3. The number of amides is 12. The van der Waals surface area contributed by atoms with Gasteiger partial charge in [-0.15, -0.1) is 5.06 Å². The van der Waals surface area contributed by atoms with Crippen LogP contribution in [0.25, 0.3) is 0 Å². The zero-order chi connectivity index (χ0) is 67.3. The molecule has 2 heterocycles. The number of aliphatic hydroxyl groups excluding tert-OH is 1. The Morgan fingerprint density at radius 1 is 0.733 bits per heavy atom. The number of carbonyl (C=O) groups excluding carboxylic acids is 11. The van der Waals surface area contributed by atoms with E-state index in [1.165, 1.54) is 38.3 Å². The minimum Gasteiger partial charge on any atom is -0.445 e. The molecule has 2 aromatic carbocycles. The summed E-state index contributed by atoms with van der Waals surface area (Å²) in [4.78, 5) is 156. The minimum atomic E-state index is -1.27. The number of nitrogens with two attached hydrogens (primary N) is 1. The van der Waals surface area contributed by atoms with Gasteiger partial charge in [0.2, 0.25) is 35.4 Å². The Hall–Kier alpha value is -7.91. The second-order valence-corrected chi connectivity index (χ2v) is 24.3. The SMILES string of the molecule is CC[C@H](C)[C@@H]([C@@H](CC(=O)N1CCC[C@H]1[C@H](OC)[C@@H](C)C(=O)N[C@H](C)[C@@H](O)c1ccccc1)OC)N(C)C(=O)[C@@H](NC(=O)[C@H](C(C)C)N(C)C(=O)OCc1ccc(NC(=O)[C@H](CCCNC(N)=O)NC(=O)[C@@H](NC(=O)ON2C(=O)CCC2=O)C(C)C)cc1)C(C)C. The van der Waals surface area contributed by atoms with Crippen molar-refractivity contribution in [2.75, 3.05) is 46.7 Å². The van der Waals surface area contributed by atoms with Crippen LogP contribution in [0.15, 0.2) is 54.6 Å². The highest BCUT2D eigenvalue weighted by atomic mass is 16.7. The number of urea groups is 1. The van der Waals surface area contributed by atoms with Crippen LogP contribution < -0.4 is 37.6 Å². The van der Waals surface area contributed by atoms with Crippen LogP contribution in [0, 0.1) is 29.6 Å². The van der Waals surface area contributed by atoms with E-state index in [0.29, 0.717) is 42.0 Å². The summed E-state index contributed by atoms with van der Waals surface area (Å²) in [5.41, 5.74) is 6.65. The molecular weight excluding hydrogens is 1170 g/mol. The van der Waals surface area contributed by atoms with Gasteiger partial charge in [-0.25, -0.2) is 14.4 Å². The second-order valence-electron chi connectivity index (χ2n) is 24.3. The fourth-order valence-corrected chi connectivity index (χ4v) is 11.3. The molecular formula is C63H97N11O16. The number of rotatable bonds is 33. The summed E-state index contributed by atoms with van der Waals surface area (Å²) in [6.45, 7) is 18.0. The number of nitrogens with zero attached hydrogens (tertiary/aromatic N) is 4. The molecule has 0 aliphatic carbocycles. The third kappa shape index (κ3) is 20.8. The summed E-state index contributed by atoms with van der Waals surface area (Å²) in [5, 5.41) is 27.3. The molecule has 500 valence electrons. The van der Waals surface area contributed by atoms with Crippen molar-refractivity contribution in [3.63, 3.8) is 0 Å². The standard InChI is InChI=1S/C63H97N11O16/c1-15-38(8)53(46(87-13)33-49(77)73-32-20-24-45(73)55(88-14)39(9)56(79)66-40(10)54(78)42-21-17-16-18-22-42)71(11)60(83)51(36(4)5)69-59(82)52(37(6)7)72(12)63(86)89-34-41-25-27-43(28-26-41)67-57(80)44(23-19-31-65-61(64)84)68-58(81)50(35(2)3)70-62(85)90-74-47(75)29-30-48(74)76/h16-18,21-22,25-28,35-40,44-46,50-55,78H,15,19-20,23-24,29-34H2,1-14H3,(H,66,79)(H,67,80)(H,68,81)(H,69,82)(H,70,85)(H3,64,65,84)/t38-,39+,40+,44-,45-,46+,50-,51-,52-,53-,54+,55+/m0/s1. The van der Waals surface area contributed by atoms with Crippen LogP contribution in [0.3, 0.4) is 0 Å². The predicted octanol–water partition coefficient (Wildman–Crippen LogP) is 4.27. The molecule has 27 nitrogen and oxygen atoms in total. The molecule has 0 aromatic heterocycles. The number of likely N-dealkylation sites (N-methyl/N-ethyl adjacent to an activating group) is 2. The lowest BCUT2D eigenvalue weighted by Gasteiger charge is -2.41. The van der Waals surface area contributed by atoms with E-state index < -0.39 is 138 Å². The molecule has 2 saturated heterocycles. The van der Waals surface area contributed by atoms with Gasteiger partial charge in [0.15, 0.2) is 0 Å². The number of carbonyl (C=O) groups is 11. The van der Waals surface area contributed by atoms with Gasteiger partial charge >= 0.3 is 18.2 Å². The van der Waals surface area contributed by atoms with Crippen molar-refractivity contribution in [2.45, 2.75) is 188 Å². The van der Waals surface area contributed by atoms with Gasteiger partial charge in [-0.1, -0.05) is 111 Å². The van der Waals surface area contributed by atoms with E-state index in [0.717, 1.165) is 4.90 Å². The van der Waals surface area contributed by atoms with Crippen molar-refractivity contribution in [3.05, 3.63) is 65.7 Å². The Labute approximate surface area is 528 Å². The van der Waals surface area contributed by atoms with E-state index in [1.54, 1.807) is 91.6 Å². The number of nitrogens with one attached hydrogen (secondary N) is 6. The first-order chi connectivity index (χ1) is 42.5. The third-order valence-corrected chi connectivity index (χ3v) is 16.7. The summed E-state index contributed by atoms with van der Waals surface area (Å²) in [5.74, 6) is -6.80. The number of methoxy groups -OCH3 is 2. The van der Waals surface area contributed by atoms with Crippen molar-refractivity contribution in [1.29, 1.82) is 0 Å². The van der Waals surface area contributed by atoms with Gasteiger partial charge < -0.3 is 71.6 Å². The topological polar surface area (TPSA) is 356 Å². The van der Waals surface area contributed by atoms with Gasteiger partial charge in [0.1, 0.15) is 30.8 Å². The van der Waals surface area contributed by atoms with Crippen LogP contribution in [0.1, 0.15) is 138 Å². The van der Waals surface area contributed by atoms with Crippen molar-refractivity contribution >= 4 is 71.2 Å². The van der Waals surface area contributed by atoms with Crippen LogP contribution >= 0.6 is 0 Å². The van der Waals surface area contributed by atoms with Crippen molar-refractivity contribution < 1.29 is 76.9 Å². The van der Waals surface area contributed by atoms with E-state index in [9.17, 15) is 57.8 Å². The number of aliphatic hydroxyl groups is 1. The van der Waals surface area contributed by atoms with Crippen molar-refractivity contribution in [3.8, 4) is 0 Å². The molecule has 9 N–H and O–H groups in total. The Morgan fingerprint density at radius 3 is 1.91 bits per heavy atom. The van der Waals surface area contributed by atoms with Crippen LogP contribution in [-0.4, -0.2) is 186 Å². The van der Waals surface area contributed by atoms with Crippen molar-refractivity contribution in [2.24, 2.45) is 35.3 Å². The molecule has 0 unspecified atom stereocenters. The minimum absolute atomic E-state index is 0.0104. The monoisotopic (exact) mass is 1260 g/mol. The van der Waals surface area contributed by atoms with Crippen LogP contribution in [-0.2, 0) is 64.0 Å². The number of imide groups is 1. The molecule has 2 aromatic rings. The highest BCUT2D eigenvalue weighted by molar-refractivity contribution is 6.02. The number of anilines is 1. The predicted molar refractivity (Wildman–Crippen MR) is 332 cm³/mol. The van der Waals surface area contributed by atoms with Gasteiger partial charge in [0.25, 0.3) is 11.8 Å². The molecule has 2 aliphatic heterocycles. The average molecular weight is 1260 g/mol. The summed E-state index contributed by atoms with van der Waals surface area (Å²) >= 11 is 0. The Morgan fingerprint density at radius 2 is 1.36 bits per heavy atom. The maximum atomic E-state index is 14.8. The van der Waals surface area contributed by atoms with Gasteiger partial charge in [-0.05, 0) is 79.5 Å². The van der Waals surface area contributed by atoms with Gasteiger partial charge in [0.05, 0.1) is 48.8 Å². The highest BCUT2D eigenvalue weighted by Gasteiger charge is 2.44. The maximum absolute atomic E-state index is 14.8. The third-order valence-electron chi connectivity index (χ3n) is 16.7. The summed E-state index contributed by atoms with van der Waals surface area (Å²) in [6.07, 6.45) is -2.76. The molecule has 0 radical (unpaired) electrons. The smallest absolute Gasteiger partial charge is 0.432 e. The first-order valence-corrected chi connectivity index (χ1v) is 30.9. The van der Waals surface area contributed by atoms with E-state index in [1.807, 2.05) is 32.0 Å². The lowest BCUT2D eigenvalue weighted by atomic mass is 9.89. The maximum Gasteiger partial charge on any atom is 0.432 e. The first-order valence-electron chi connectivity index (χ1n) is 30.9. The van der Waals surface area contributed by atoms with E-state index in [4.69, 9.17) is 24.8 Å². The van der Waals surface area contributed by atoms with Crippen molar-refractivity contribution in [1.82, 2.24) is 46.3 Å². The first kappa shape index (κ1) is 74.6. The van der Waals surface area contributed by atoms with Crippen LogP contribution in [0.5, 0.6) is 0 Å². The summed E-state index contributed by atoms with van der Waals surface area (Å²) in [7, 11) is 6.04. The van der Waals surface area contributed by atoms with Crippen LogP contribution in [0.4, 0.5) is 20.1 Å². The number of ether oxygens (including phenoxy) is 3. The largest absolute Gasteiger partial charge is 0.445 e. The molecule has 90 heavy (non-hydrogen) atoms. The van der Waals surface area contributed by atoms with Gasteiger partial charge in [-0.2, -0.15) is 0 Å². The van der Waals surface area contributed by atoms with Crippen LogP contribution in [0.2, 0.25) is 0 Å². The zero-order valence-corrected chi connectivity index (χ0v) is 54.6. The Bertz CT molecular complexity index is 2760. The Balaban J connectivity index is 1.40. The highest BCUT2D eigenvalue weighted by Crippen LogP contribution is 2.31. The summed E-state index contributed by atoms with van der Waals surface area (Å²) < 4.78 is 17.7. The van der Waals surface area contributed by atoms with Gasteiger partial charge in [0, 0.05) is 59.9 Å². The van der Waals surface area contributed by atoms with Gasteiger partial charge in [-0.3, -0.25) is 43.3 Å². The number of likely N-dealkylation sites (tertiary alicyclic amines) is 1. The second kappa shape index (κ2) is 35.5. The summed E-state index contributed by atoms with van der Waals surface area (Å²) in [6, 6.07) is 8.14. The quantitative estimate of drug-likeness (QED) is 0.0365. The van der Waals surface area contributed by atoms with E-state index >= 15 is 0 Å². The molecule has 2 fully saturated rings. The molecule has 27 heteroatoms. The Kier molecular flexibility index (Phi) is 29.4.